The lowest BCUT2D eigenvalue weighted by molar-refractivity contribution is 0.0409. The van der Waals surface area contributed by atoms with Gasteiger partial charge in [0.15, 0.2) is 0 Å². The molecule has 1 aromatic rings. The number of fused-ring (bicyclic) bond motifs is 1. The van der Waals surface area contributed by atoms with E-state index in [-0.39, 0.29) is 6.10 Å². The van der Waals surface area contributed by atoms with E-state index in [4.69, 9.17) is 10.5 Å². The summed E-state index contributed by atoms with van der Waals surface area (Å²) >= 11 is 0. The predicted molar refractivity (Wildman–Crippen MR) is 70.0 cm³/mol. The SMILES string of the molecule is CC(CCN)NCC1OCCc2ccccc21. The molecule has 1 aliphatic heterocycles. The third kappa shape index (κ3) is 3.28. The maximum absolute atomic E-state index is 5.84. The second-order valence-electron chi connectivity index (χ2n) is 4.69. The Labute approximate surface area is 103 Å². The topological polar surface area (TPSA) is 47.3 Å². The summed E-state index contributed by atoms with van der Waals surface area (Å²) in [6.45, 7) is 4.60. The summed E-state index contributed by atoms with van der Waals surface area (Å²) in [7, 11) is 0. The first-order chi connectivity index (χ1) is 8.31. The molecule has 0 bridgehead atoms. The highest BCUT2D eigenvalue weighted by atomic mass is 16.5. The molecule has 3 nitrogen and oxygen atoms in total. The monoisotopic (exact) mass is 234 g/mol. The minimum Gasteiger partial charge on any atom is -0.372 e. The maximum Gasteiger partial charge on any atom is 0.0952 e. The second kappa shape index (κ2) is 6.15. The molecule has 2 atom stereocenters. The van der Waals surface area contributed by atoms with Gasteiger partial charge in [-0.1, -0.05) is 24.3 Å². The fraction of sp³-hybridized carbons (Fsp3) is 0.571. The van der Waals surface area contributed by atoms with Gasteiger partial charge in [-0.2, -0.15) is 0 Å². The van der Waals surface area contributed by atoms with Gasteiger partial charge in [-0.15, -0.1) is 0 Å². The van der Waals surface area contributed by atoms with Gasteiger partial charge in [0.25, 0.3) is 0 Å². The number of hydrogen-bond acceptors (Lipinski definition) is 3. The van der Waals surface area contributed by atoms with Gasteiger partial charge in [0.05, 0.1) is 12.7 Å². The van der Waals surface area contributed by atoms with Gasteiger partial charge in [-0.25, -0.2) is 0 Å². The molecule has 94 valence electrons. The summed E-state index contributed by atoms with van der Waals surface area (Å²) in [5.74, 6) is 0. The Kier molecular flexibility index (Phi) is 4.54. The van der Waals surface area contributed by atoms with E-state index in [0.717, 1.165) is 32.5 Å². The molecular weight excluding hydrogens is 212 g/mol. The van der Waals surface area contributed by atoms with E-state index in [1.807, 2.05) is 0 Å². The molecule has 0 saturated heterocycles. The largest absolute Gasteiger partial charge is 0.372 e. The van der Waals surface area contributed by atoms with Crippen LogP contribution in [-0.2, 0) is 11.2 Å². The zero-order chi connectivity index (χ0) is 12.1. The summed E-state index contributed by atoms with van der Waals surface area (Å²) in [6, 6.07) is 9.02. The molecule has 2 unspecified atom stereocenters. The molecular formula is C14H22N2O. The number of nitrogens with two attached hydrogens (primary N) is 1. The van der Waals surface area contributed by atoms with Crippen LogP contribution in [0.5, 0.6) is 0 Å². The maximum atomic E-state index is 5.84. The van der Waals surface area contributed by atoms with Crippen molar-refractivity contribution in [3.63, 3.8) is 0 Å². The van der Waals surface area contributed by atoms with Crippen molar-refractivity contribution in [2.24, 2.45) is 5.73 Å². The molecule has 0 spiro atoms. The summed E-state index contributed by atoms with van der Waals surface area (Å²) in [5.41, 5.74) is 8.31. The zero-order valence-corrected chi connectivity index (χ0v) is 10.5. The van der Waals surface area contributed by atoms with E-state index in [9.17, 15) is 0 Å². The number of hydrogen-bond donors (Lipinski definition) is 2. The molecule has 1 aromatic carbocycles. The van der Waals surface area contributed by atoms with Crippen LogP contribution in [0, 0.1) is 0 Å². The molecule has 1 heterocycles. The summed E-state index contributed by atoms with van der Waals surface area (Å²) in [6.07, 6.45) is 2.24. The lowest BCUT2D eigenvalue weighted by atomic mass is 9.97. The van der Waals surface area contributed by atoms with Crippen molar-refractivity contribution in [1.82, 2.24) is 5.32 Å². The molecule has 0 saturated carbocycles. The molecule has 0 aromatic heterocycles. The van der Waals surface area contributed by atoms with Crippen LogP contribution >= 0.6 is 0 Å². The Morgan fingerprint density at radius 1 is 1.47 bits per heavy atom. The predicted octanol–water partition coefficient (Wildman–Crippen LogP) is 1.63. The second-order valence-corrected chi connectivity index (χ2v) is 4.69. The van der Waals surface area contributed by atoms with E-state index in [1.165, 1.54) is 11.1 Å². The van der Waals surface area contributed by atoms with Gasteiger partial charge in [-0.3, -0.25) is 0 Å². The van der Waals surface area contributed by atoms with Crippen LogP contribution in [0.3, 0.4) is 0 Å². The van der Waals surface area contributed by atoms with Gasteiger partial charge < -0.3 is 15.8 Å². The molecule has 1 aliphatic rings. The Balaban J connectivity index is 1.94. The minimum absolute atomic E-state index is 0.195. The summed E-state index contributed by atoms with van der Waals surface area (Å²) < 4.78 is 5.84. The Morgan fingerprint density at radius 3 is 3.12 bits per heavy atom. The van der Waals surface area contributed by atoms with Gasteiger partial charge in [-0.05, 0) is 37.4 Å². The van der Waals surface area contributed by atoms with E-state index in [2.05, 4.69) is 36.5 Å². The van der Waals surface area contributed by atoms with Crippen molar-refractivity contribution in [3.05, 3.63) is 35.4 Å². The van der Waals surface area contributed by atoms with Gasteiger partial charge in [0, 0.05) is 12.6 Å². The van der Waals surface area contributed by atoms with Crippen molar-refractivity contribution >= 4 is 0 Å². The van der Waals surface area contributed by atoms with Crippen LogP contribution in [-0.4, -0.2) is 25.7 Å². The van der Waals surface area contributed by atoms with E-state index in [1.54, 1.807) is 0 Å². The lowest BCUT2D eigenvalue weighted by Crippen LogP contribution is -2.34. The quantitative estimate of drug-likeness (QED) is 0.814. The highest BCUT2D eigenvalue weighted by Gasteiger charge is 2.20. The van der Waals surface area contributed by atoms with E-state index in [0.29, 0.717) is 6.04 Å². The summed E-state index contributed by atoms with van der Waals surface area (Å²) in [5, 5.41) is 3.49. The van der Waals surface area contributed by atoms with Gasteiger partial charge in [0.1, 0.15) is 0 Å². The first-order valence-electron chi connectivity index (χ1n) is 6.44. The molecule has 0 aliphatic carbocycles. The standard InChI is InChI=1S/C14H22N2O/c1-11(6-8-15)16-10-14-13-5-3-2-4-12(13)7-9-17-14/h2-5,11,14,16H,6-10,15H2,1H3. The molecule has 17 heavy (non-hydrogen) atoms. The van der Waals surface area contributed by atoms with Crippen LogP contribution in [0.2, 0.25) is 0 Å². The third-order valence-corrected chi connectivity index (χ3v) is 3.34. The molecule has 0 amide bonds. The molecule has 2 rings (SSSR count). The Morgan fingerprint density at radius 2 is 2.29 bits per heavy atom. The summed E-state index contributed by atoms with van der Waals surface area (Å²) in [4.78, 5) is 0. The smallest absolute Gasteiger partial charge is 0.0952 e. The number of nitrogens with one attached hydrogen (secondary N) is 1. The van der Waals surface area contributed by atoms with Crippen LogP contribution in [0.1, 0.15) is 30.6 Å². The van der Waals surface area contributed by atoms with Crippen molar-refractivity contribution < 1.29 is 4.74 Å². The molecule has 3 N–H and O–H groups in total. The fourth-order valence-electron chi connectivity index (χ4n) is 2.31. The first kappa shape index (κ1) is 12.6. The van der Waals surface area contributed by atoms with E-state index >= 15 is 0 Å². The molecule has 3 heteroatoms. The average molecular weight is 234 g/mol. The van der Waals surface area contributed by atoms with Crippen LogP contribution in [0.15, 0.2) is 24.3 Å². The van der Waals surface area contributed by atoms with Crippen LogP contribution in [0.4, 0.5) is 0 Å². The van der Waals surface area contributed by atoms with Gasteiger partial charge >= 0.3 is 0 Å². The Bertz CT molecular complexity index is 354. The lowest BCUT2D eigenvalue weighted by Gasteiger charge is -2.27. The Hall–Kier alpha value is -0.900. The van der Waals surface area contributed by atoms with Crippen molar-refractivity contribution in [3.8, 4) is 0 Å². The third-order valence-electron chi connectivity index (χ3n) is 3.34. The van der Waals surface area contributed by atoms with Crippen molar-refractivity contribution in [1.29, 1.82) is 0 Å². The number of ether oxygens (including phenoxy) is 1. The highest BCUT2D eigenvalue weighted by molar-refractivity contribution is 5.31. The van der Waals surface area contributed by atoms with Crippen molar-refractivity contribution in [2.75, 3.05) is 19.7 Å². The fourth-order valence-corrected chi connectivity index (χ4v) is 2.31. The first-order valence-corrected chi connectivity index (χ1v) is 6.44. The van der Waals surface area contributed by atoms with Crippen LogP contribution in [0.25, 0.3) is 0 Å². The molecule has 0 fully saturated rings. The molecule has 0 radical (unpaired) electrons. The minimum atomic E-state index is 0.195. The van der Waals surface area contributed by atoms with Gasteiger partial charge in [0.2, 0.25) is 0 Å². The average Bonchev–Trinajstić information content (AvgIpc) is 2.36. The normalized spacial score (nSPS) is 20.9. The number of rotatable bonds is 5. The van der Waals surface area contributed by atoms with Crippen LogP contribution < -0.4 is 11.1 Å². The zero-order valence-electron chi connectivity index (χ0n) is 10.5. The van der Waals surface area contributed by atoms with Crippen molar-refractivity contribution in [2.45, 2.75) is 31.9 Å². The highest BCUT2D eigenvalue weighted by Crippen LogP contribution is 2.26. The van der Waals surface area contributed by atoms with E-state index < -0.39 is 0 Å². The number of benzene rings is 1.